The maximum atomic E-state index is 2.39. The van der Waals surface area contributed by atoms with Gasteiger partial charge >= 0.3 is 0 Å². The number of rotatable bonds is 4. The Labute approximate surface area is 194 Å². The first-order chi connectivity index (χ1) is 16.3. The highest BCUT2D eigenvalue weighted by molar-refractivity contribution is 6.10. The lowest BCUT2D eigenvalue weighted by atomic mass is 10.1. The highest BCUT2D eigenvalue weighted by Gasteiger charge is 2.14. The van der Waals surface area contributed by atoms with Crippen molar-refractivity contribution >= 4 is 33.2 Å². The fourth-order valence-electron chi connectivity index (χ4n) is 4.70. The third kappa shape index (κ3) is 3.37. The predicted molar refractivity (Wildman–Crippen MR) is 141 cm³/mol. The molecule has 1 aromatic heterocycles. The monoisotopic (exact) mass is 424 g/mol. The Kier molecular flexibility index (Phi) is 4.70. The summed E-state index contributed by atoms with van der Waals surface area (Å²) in [4.78, 5) is 2.24. The van der Waals surface area contributed by atoms with E-state index in [9.17, 15) is 0 Å². The van der Waals surface area contributed by atoms with Gasteiger partial charge in [-0.1, -0.05) is 84.9 Å². The number of hydrogen-bond donors (Lipinski definition) is 0. The van der Waals surface area contributed by atoms with Gasteiger partial charge in [-0.3, -0.25) is 0 Å². The van der Waals surface area contributed by atoms with Crippen LogP contribution in [0, 0.1) is 0 Å². The lowest BCUT2D eigenvalue weighted by Gasteiger charge is -2.20. The van der Waals surface area contributed by atoms with Gasteiger partial charge in [0, 0.05) is 34.9 Å². The van der Waals surface area contributed by atoms with Crippen molar-refractivity contribution in [2.45, 2.75) is 0 Å². The van der Waals surface area contributed by atoms with Crippen molar-refractivity contribution in [1.82, 2.24) is 4.57 Å². The Morgan fingerprint density at radius 1 is 0.485 bits per heavy atom. The van der Waals surface area contributed by atoms with Crippen molar-refractivity contribution in [3.63, 3.8) is 0 Å². The van der Waals surface area contributed by atoms with Crippen LogP contribution < -0.4 is 4.90 Å². The molecule has 0 amide bonds. The predicted octanol–water partition coefficient (Wildman–Crippen LogP) is 8.22. The lowest BCUT2D eigenvalue weighted by molar-refractivity contribution is 1.17. The van der Waals surface area contributed by atoms with Crippen molar-refractivity contribution < 1.29 is 0 Å². The fraction of sp³-hybridized carbons (Fsp3) is 0.0323. The minimum atomic E-state index is 1.16. The largest absolute Gasteiger partial charge is 0.345 e. The van der Waals surface area contributed by atoms with Crippen molar-refractivity contribution in [2.24, 2.45) is 0 Å². The highest BCUT2D eigenvalue weighted by atomic mass is 15.1. The molecule has 0 N–H and O–H groups in total. The lowest BCUT2D eigenvalue weighted by Crippen LogP contribution is -2.09. The summed E-state index contributed by atoms with van der Waals surface area (Å²) in [6.07, 6.45) is 0. The Balaban J connectivity index is 1.58. The van der Waals surface area contributed by atoms with Crippen molar-refractivity contribution in [2.75, 3.05) is 11.9 Å². The summed E-state index contributed by atoms with van der Waals surface area (Å²) in [5.74, 6) is 0. The van der Waals surface area contributed by atoms with Gasteiger partial charge in [-0.25, -0.2) is 0 Å². The molecular weight excluding hydrogens is 400 g/mol. The molecule has 0 aliphatic heterocycles. The standard InChI is InChI=1S/C31H24N2/c1-32(25-14-6-3-7-15-25)26-19-20-29-28-17-8-9-18-30(28)33(31(29)22-26)27-16-10-13-24(21-27)23-11-4-2-5-12-23/h2-22H,1H3. The van der Waals surface area contributed by atoms with Crippen LogP contribution in [0.25, 0.3) is 38.6 Å². The van der Waals surface area contributed by atoms with Gasteiger partial charge in [0.1, 0.15) is 0 Å². The van der Waals surface area contributed by atoms with Gasteiger partial charge in [-0.15, -0.1) is 0 Å². The van der Waals surface area contributed by atoms with Crippen LogP contribution >= 0.6 is 0 Å². The average Bonchev–Trinajstić information content (AvgIpc) is 3.23. The number of para-hydroxylation sites is 2. The Hall–Kier alpha value is -4.30. The van der Waals surface area contributed by atoms with E-state index < -0.39 is 0 Å². The van der Waals surface area contributed by atoms with Crippen LogP contribution in [0.1, 0.15) is 0 Å². The molecule has 0 atom stereocenters. The summed E-state index contributed by atoms with van der Waals surface area (Å²) in [5.41, 5.74) is 8.38. The summed E-state index contributed by atoms with van der Waals surface area (Å²) in [5, 5.41) is 2.53. The van der Waals surface area contributed by atoms with Crippen LogP contribution in [0.5, 0.6) is 0 Å². The molecular formula is C31H24N2. The molecule has 158 valence electrons. The summed E-state index contributed by atoms with van der Waals surface area (Å²) in [6.45, 7) is 0. The highest BCUT2D eigenvalue weighted by Crippen LogP contribution is 2.36. The number of nitrogens with zero attached hydrogens (tertiary/aromatic N) is 2. The Bertz CT molecular complexity index is 1560. The zero-order valence-corrected chi connectivity index (χ0v) is 18.5. The maximum absolute atomic E-state index is 2.39. The summed E-state index contributed by atoms with van der Waals surface area (Å²) in [6, 6.07) is 45.3. The van der Waals surface area contributed by atoms with Crippen LogP contribution in [-0.4, -0.2) is 11.6 Å². The molecule has 0 radical (unpaired) electrons. The van der Waals surface area contributed by atoms with Crippen LogP contribution in [0.3, 0.4) is 0 Å². The van der Waals surface area contributed by atoms with Gasteiger partial charge in [0.25, 0.3) is 0 Å². The number of fused-ring (bicyclic) bond motifs is 3. The number of aromatic nitrogens is 1. The van der Waals surface area contributed by atoms with Gasteiger partial charge in [-0.05, 0) is 53.6 Å². The van der Waals surface area contributed by atoms with E-state index in [1.807, 2.05) is 0 Å². The molecule has 0 saturated carbocycles. The number of hydrogen-bond acceptors (Lipinski definition) is 1. The Morgan fingerprint density at radius 2 is 1.15 bits per heavy atom. The zero-order chi connectivity index (χ0) is 22.2. The van der Waals surface area contributed by atoms with E-state index in [2.05, 4.69) is 144 Å². The molecule has 6 rings (SSSR count). The summed E-state index contributed by atoms with van der Waals surface area (Å²) < 4.78 is 2.39. The van der Waals surface area contributed by atoms with Gasteiger partial charge in [0.05, 0.1) is 11.0 Å². The molecule has 2 nitrogen and oxygen atoms in total. The summed E-state index contributed by atoms with van der Waals surface area (Å²) in [7, 11) is 2.12. The molecule has 33 heavy (non-hydrogen) atoms. The third-order valence-corrected chi connectivity index (χ3v) is 6.40. The zero-order valence-electron chi connectivity index (χ0n) is 18.5. The van der Waals surface area contributed by atoms with Crippen molar-refractivity contribution in [3.05, 3.63) is 127 Å². The minimum absolute atomic E-state index is 1.16. The number of benzene rings is 5. The fourth-order valence-corrected chi connectivity index (χ4v) is 4.70. The van der Waals surface area contributed by atoms with E-state index >= 15 is 0 Å². The Morgan fingerprint density at radius 3 is 1.97 bits per heavy atom. The molecule has 1 heterocycles. The molecule has 0 aliphatic carbocycles. The van der Waals surface area contributed by atoms with E-state index in [1.165, 1.54) is 44.3 Å². The first kappa shape index (κ1) is 19.4. The van der Waals surface area contributed by atoms with Gasteiger partial charge in [0.2, 0.25) is 0 Å². The molecule has 0 bridgehead atoms. The topological polar surface area (TPSA) is 8.17 Å². The van der Waals surface area contributed by atoms with Gasteiger partial charge < -0.3 is 9.47 Å². The molecule has 0 fully saturated rings. The van der Waals surface area contributed by atoms with Gasteiger partial charge in [-0.2, -0.15) is 0 Å². The number of anilines is 2. The molecule has 0 saturated heterocycles. The molecule has 2 heteroatoms. The average molecular weight is 425 g/mol. The van der Waals surface area contributed by atoms with Gasteiger partial charge in [0.15, 0.2) is 0 Å². The van der Waals surface area contributed by atoms with Crippen molar-refractivity contribution in [1.29, 1.82) is 0 Å². The smallest absolute Gasteiger partial charge is 0.0561 e. The van der Waals surface area contributed by atoms with Crippen LogP contribution in [0.2, 0.25) is 0 Å². The van der Waals surface area contributed by atoms with E-state index in [-0.39, 0.29) is 0 Å². The molecule has 0 spiro atoms. The normalized spacial score (nSPS) is 11.2. The van der Waals surface area contributed by atoms with Crippen LogP contribution in [0.4, 0.5) is 11.4 Å². The summed E-state index contributed by atoms with van der Waals surface area (Å²) >= 11 is 0. The van der Waals surface area contributed by atoms with Crippen LogP contribution in [0.15, 0.2) is 127 Å². The minimum Gasteiger partial charge on any atom is -0.345 e. The maximum Gasteiger partial charge on any atom is 0.0561 e. The molecule has 0 unspecified atom stereocenters. The molecule has 0 aliphatic rings. The van der Waals surface area contributed by atoms with E-state index in [0.717, 1.165) is 5.69 Å². The second-order valence-corrected chi connectivity index (χ2v) is 8.36. The molecule has 5 aromatic carbocycles. The quantitative estimate of drug-likeness (QED) is 0.277. The SMILES string of the molecule is CN(c1ccccc1)c1ccc2c3ccccc3n(-c3cccc(-c4ccccc4)c3)c2c1. The van der Waals surface area contributed by atoms with E-state index in [4.69, 9.17) is 0 Å². The second kappa shape index (κ2) is 7.99. The van der Waals surface area contributed by atoms with Crippen molar-refractivity contribution in [3.8, 4) is 16.8 Å². The first-order valence-corrected chi connectivity index (χ1v) is 11.3. The first-order valence-electron chi connectivity index (χ1n) is 11.3. The van der Waals surface area contributed by atoms with E-state index in [0.29, 0.717) is 0 Å². The third-order valence-electron chi connectivity index (χ3n) is 6.40. The second-order valence-electron chi connectivity index (χ2n) is 8.36. The van der Waals surface area contributed by atoms with Crippen LogP contribution in [-0.2, 0) is 0 Å². The van der Waals surface area contributed by atoms with E-state index in [1.54, 1.807) is 0 Å². The molecule has 6 aromatic rings.